The van der Waals surface area contributed by atoms with E-state index in [0.29, 0.717) is 12.2 Å². The van der Waals surface area contributed by atoms with Crippen LogP contribution in [-0.2, 0) is 20.8 Å². The van der Waals surface area contributed by atoms with Gasteiger partial charge in [0.25, 0.3) is 0 Å². The molecule has 0 bridgehead atoms. The van der Waals surface area contributed by atoms with Gasteiger partial charge in [-0.2, -0.15) is 0 Å². The number of ether oxygens (including phenoxy) is 1. The van der Waals surface area contributed by atoms with Crippen molar-refractivity contribution < 1.29 is 19.1 Å². The third kappa shape index (κ3) is 3.39. The van der Waals surface area contributed by atoms with Crippen LogP contribution in [0, 0.1) is 0 Å². The zero-order valence-corrected chi connectivity index (χ0v) is 12.1. The maximum absolute atomic E-state index is 12.3. The van der Waals surface area contributed by atoms with E-state index in [0.717, 1.165) is 5.56 Å². The van der Waals surface area contributed by atoms with Gasteiger partial charge in [-0.25, -0.2) is 0 Å². The van der Waals surface area contributed by atoms with Crippen LogP contribution in [0.5, 0.6) is 5.75 Å². The second-order valence-electron chi connectivity index (χ2n) is 4.88. The number of nitrogens with one attached hydrogen (secondary N) is 1. The van der Waals surface area contributed by atoms with E-state index >= 15 is 0 Å². The molecule has 2 rings (SSSR count). The molecule has 1 unspecified atom stereocenters. The van der Waals surface area contributed by atoms with E-state index in [1.165, 1.54) is 4.90 Å². The van der Waals surface area contributed by atoms with Crippen LogP contribution in [0.2, 0.25) is 0 Å². The lowest BCUT2D eigenvalue weighted by molar-refractivity contribution is -0.149. The first kappa shape index (κ1) is 15.0. The third-order valence-corrected chi connectivity index (χ3v) is 3.48. The molecule has 1 aromatic carbocycles. The number of nitrogens with zero attached hydrogens (tertiary/aromatic N) is 1. The van der Waals surface area contributed by atoms with Crippen molar-refractivity contribution in [3.05, 3.63) is 29.8 Å². The molecule has 0 saturated carbocycles. The summed E-state index contributed by atoms with van der Waals surface area (Å²) in [6, 6.07) is 6.56. The third-order valence-electron chi connectivity index (χ3n) is 3.48. The first-order chi connectivity index (χ1) is 10.0. The molecule has 1 aliphatic heterocycles. The summed E-state index contributed by atoms with van der Waals surface area (Å²) in [6.07, 6.45) is 0.633. The average Bonchev–Trinajstić information content (AvgIpc) is 2.47. The molecule has 1 saturated heterocycles. The minimum absolute atomic E-state index is 0.0702. The topological polar surface area (TPSA) is 75.7 Å². The van der Waals surface area contributed by atoms with Gasteiger partial charge >= 0.3 is 0 Å². The number of rotatable bonds is 4. The van der Waals surface area contributed by atoms with Crippen LogP contribution in [-0.4, -0.2) is 42.3 Å². The van der Waals surface area contributed by atoms with Gasteiger partial charge in [0.2, 0.25) is 17.7 Å². The van der Waals surface area contributed by atoms with Crippen LogP contribution in [0.25, 0.3) is 0 Å². The summed E-state index contributed by atoms with van der Waals surface area (Å²) in [5, 5.41) is 2.26. The summed E-state index contributed by atoms with van der Waals surface area (Å²) >= 11 is 0. The molecule has 0 aliphatic carbocycles. The van der Waals surface area contributed by atoms with Gasteiger partial charge in [0.05, 0.1) is 13.5 Å². The molecule has 0 aromatic heterocycles. The second-order valence-corrected chi connectivity index (χ2v) is 4.88. The van der Waals surface area contributed by atoms with Crippen molar-refractivity contribution in [3.63, 3.8) is 0 Å². The average molecular weight is 290 g/mol. The summed E-state index contributed by atoms with van der Waals surface area (Å²) in [6.45, 7) is 1.74. The van der Waals surface area contributed by atoms with Crippen molar-refractivity contribution in [1.82, 2.24) is 10.2 Å². The molecule has 1 fully saturated rings. The molecular formula is C15H18N2O4. The SMILES string of the molecule is CCC1C(=O)NC(=O)CN1C(=O)Cc1ccc(OC)cc1. The lowest BCUT2D eigenvalue weighted by Gasteiger charge is -2.33. The zero-order chi connectivity index (χ0) is 15.4. The normalized spacial score (nSPS) is 18.4. The van der Waals surface area contributed by atoms with Crippen molar-refractivity contribution >= 4 is 17.7 Å². The summed E-state index contributed by atoms with van der Waals surface area (Å²) in [4.78, 5) is 36.9. The van der Waals surface area contributed by atoms with Crippen LogP contribution in [0.15, 0.2) is 24.3 Å². The Bertz CT molecular complexity index is 553. The quantitative estimate of drug-likeness (QED) is 0.819. The first-order valence-electron chi connectivity index (χ1n) is 6.81. The summed E-state index contributed by atoms with van der Waals surface area (Å²) in [5.41, 5.74) is 0.814. The Morgan fingerprint density at radius 1 is 1.33 bits per heavy atom. The second kappa shape index (κ2) is 6.39. The molecule has 3 amide bonds. The van der Waals surface area contributed by atoms with Gasteiger partial charge in [-0.3, -0.25) is 19.7 Å². The number of piperazine rings is 1. The van der Waals surface area contributed by atoms with Crippen LogP contribution in [0.4, 0.5) is 0 Å². The Morgan fingerprint density at radius 3 is 2.57 bits per heavy atom. The largest absolute Gasteiger partial charge is 0.497 e. The predicted octanol–water partition coefficient (Wildman–Crippen LogP) is 0.501. The Hall–Kier alpha value is -2.37. The summed E-state index contributed by atoms with van der Waals surface area (Å²) in [7, 11) is 1.57. The smallest absolute Gasteiger partial charge is 0.249 e. The van der Waals surface area contributed by atoms with Gasteiger partial charge in [-0.15, -0.1) is 0 Å². The van der Waals surface area contributed by atoms with Gasteiger partial charge in [-0.1, -0.05) is 19.1 Å². The molecule has 1 N–H and O–H groups in total. The Morgan fingerprint density at radius 2 is 2.00 bits per heavy atom. The van der Waals surface area contributed by atoms with Crippen LogP contribution in [0.1, 0.15) is 18.9 Å². The van der Waals surface area contributed by atoms with E-state index in [2.05, 4.69) is 5.32 Å². The molecule has 0 radical (unpaired) electrons. The number of methoxy groups -OCH3 is 1. The Kier molecular flexibility index (Phi) is 4.57. The first-order valence-corrected chi connectivity index (χ1v) is 6.81. The maximum Gasteiger partial charge on any atom is 0.249 e. The molecule has 1 aromatic rings. The standard InChI is InChI=1S/C15H18N2O4/c1-3-12-15(20)16-13(18)9-17(12)14(19)8-10-4-6-11(21-2)7-5-10/h4-7,12H,3,8-9H2,1-2H3,(H,16,18,20). The summed E-state index contributed by atoms with van der Waals surface area (Å²) in [5.74, 6) is -0.356. The van der Waals surface area contributed by atoms with Crippen molar-refractivity contribution in [2.75, 3.05) is 13.7 Å². The zero-order valence-electron chi connectivity index (χ0n) is 12.1. The molecule has 112 valence electrons. The van der Waals surface area contributed by atoms with E-state index in [9.17, 15) is 14.4 Å². The number of carbonyl (C=O) groups excluding carboxylic acids is 3. The van der Waals surface area contributed by atoms with Crippen molar-refractivity contribution in [1.29, 1.82) is 0 Å². The van der Waals surface area contributed by atoms with Gasteiger partial charge < -0.3 is 9.64 Å². The highest BCUT2D eigenvalue weighted by molar-refractivity contribution is 6.04. The molecule has 21 heavy (non-hydrogen) atoms. The van der Waals surface area contributed by atoms with E-state index in [-0.39, 0.29) is 18.9 Å². The van der Waals surface area contributed by atoms with Gasteiger partial charge in [0.15, 0.2) is 0 Å². The fourth-order valence-corrected chi connectivity index (χ4v) is 2.35. The fraction of sp³-hybridized carbons (Fsp3) is 0.400. The number of hydrogen-bond acceptors (Lipinski definition) is 4. The van der Waals surface area contributed by atoms with E-state index in [1.807, 2.05) is 6.92 Å². The number of carbonyl (C=O) groups is 3. The number of imide groups is 1. The highest BCUT2D eigenvalue weighted by Crippen LogP contribution is 2.15. The van der Waals surface area contributed by atoms with Crippen LogP contribution >= 0.6 is 0 Å². The van der Waals surface area contributed by atoms with Gasteiger partial charge in [0.1, 0.15) is 18.3 Å². The van der Waals surface area contributed by atoms with E-state index in [1.54, 1.807) is 31.4 Å². The van der Waals surface area contributed by atoms with Crippen molar-refractivity contribution in [2.45, 2.75) is 25.8 Å². The summed E-state index contributed by atoms with van der Waals surface area (Å²) < 4.78 is 5.06. The monoisotopic (exact) mass is 290 g/mol. The minimum Gasteiger partial charge on any atom is -0.497 e. The fourth-order valence-electron chi connectivity index (χ4n) is 2.35. The van der Waals surface area contributed by atoms with Crippen molar-refractivity contribution in [2.24, 2.45) is 0 Å². The lowest BCUT2D eigenvalue weighted by Crippen LogP contribution is -2.59. The van der Waals surface area contributed by atoms with Gasteiger partial charge in [0, 0.05) is 0 Å². The molecule has 1 aliphatic rings. The predicted molar refractivity (Wildman–Crippen MR) is 75.6 cm³/mol. The molecule has 0 spiro atoms. The molecular weight excluding hydrogens is 272 g/mol. The molecule has 6 nitrogen and oxygen atoms in total. The highest BCUT2D eigenvalue weighted by atomic mass is 16.5. The van der Waals surface area contributed by atoms with Crippen molar-refractivity contribution in [3.8, 4) is 5.75 Å². The minimum atomic E-state index is -0.576. The number of hydrogen-bond donors (Lipinski definition) is 1. The molecule has 1 heterocycles. The lowest BCUT2D eigenvalue weighted by atomic mass is 10.1. The van der Waals surface area contributed by atoms with Gasteiger partial charge in [-0.05, 0) is 24.1 Å². The highest BCUT2D eigenvalue weighted by Gasteiger charge is 2.35. The Balaban J connectivity index is 2.09. The number of benzene rings is 1. The van der Waals surface area contributed by atoms with Crippen LogP contribution < -0.4 is 10.1 Å². The Labute approximate surface area is 123 Å². The van der Waals surface area contributed by atoms with Crippen LogP contribution in [0.3, 0.4) is 0 Å². The molecule has 6 heteroatoms. The maximum atomic E-state index is 12.3. The van der Waals surface area contributed by atoms with E-state index < -0.39 is 17.9 Å². The number of amides is 3. The van der Waals surface area contributed by atoms with E-state index in [4.69, 9.17) is 4.74 Å². The molecule has 1 atom stereocenters.